The van der Waals surface area contributed by atoms with Crippen LogP contribution >= 0.6 is 24.8 Å². The maximum absolute atomic E-state index is 12.0. The monoisotopic (exact) mass is 292 g/mol. The lowest BCUT2D eigenvalue weighted by atomic mass is 10.1. The quantitative estimate of drug-likeness (QED) is 0.899. The standard InChI is InChI=1S/C9H11F3N2O.2ClH/c10-9(11,12)15-8-4-2-1-3-6(8)7(14)5-13;;/h1-4,7H,5,13-14H2;2*1H/t7-;;/m0../s1. The summed E-state index contributed by atoms with van der Waals surface area (Å²) < 4.78 is 39.8. The van der Waals surface area contributed by atoms with E-state index >= 15 is 0 Å². The predicted molar refractivity (Wildman–Crippen MR) is 63.6 cm³/mol. The molecule has 0 spiro atoms. The van der Waals surface area contributed by atoms with E-state index < -0.39 is 12.4 Å². The van der Waals surface area contributed by atoms with Gasteiger partial charge in [0, 0.05) is 18.2 Å². The molecule has 100 valence electrons. The highest BCUT2D eigenvalue weighted by Crippen LogP contribution is 2.28. The first-order chi connectivity index (χ1) is 6.94. The molecule has 4 N–H and O–H groups in total. The molecule has 3 nitrogen and oxygen atoms in total. The Labute approximate surface area is 109 Å². The Hall–Kier alpha value is -0.690. The van der Waals surface area contributed by atoms with E-state index in [1.165, 1.54) is 18.2 Å². The third kappa shape index (κ3) is 5.97. The predicted octanol–water partition coefficient (Wildman–Crippen LogP) is 2.39. The highest BCUT2D eigenvalue weighted by atomic mass is 35.5. The Bertz CT molecular complexity index is 336. The summed E-state index contributed by atoms with van der Waals surface area (Å²) in [5, 5.41) is 0. The van der Waals surface area contributed by atoms with Crippen LogP contribution in [0.1, 0.15) is 11.6 Å². The normalized spacial score (nSPS) is 12.1. The van der Waals surface area contributed by atoms with Crippen molar-refractivity contribution in [2.24, 2.45) is 11.5 Å². The van der Waals surface area contributed by atoms with E-state index in [-0.39, 0.29) is 42.7 Å². The summed E-state index contributed by atoms with van der Waals surface area (Å²) in [5.41, 5.74) is 11.1. The summed E-state index contributed by atoms with van der Waals surface area (Å²) in [4.78, 5) is 0. The second-order valence-electron chi connectivity index (χ2n) is 2.93. The molecular weight excluding hydrogens is 280 g/mol. The number of hydrogen-bond donors (Lipinski definition) is 2. The highest BCUT2D eigenvalue weighted by molar-refractivity contribution is 5.85. The number of alkyl halides is 3. The SMILES string of the molecule is Cl.Cl.NC[C@H](N)c1ccccc1OC(F)(F)F. The van der Waals surface area contributed by atoms with Gasteiger partial charge < -0.3 is 16.2 Å². The Kier molecular flexibility index (Phi) is 8.35. The fourth-order valence-electron chi connectivity index (χ4n) is 1.13. The van der Waals surface area contributed by atoms with Crippen LogP contribution in [-0.4, -0.2) is 12.9 Å². The van der Waals surface area contributed by atoms with Gasteiger partial charge in [0.05, 0.1) is 0 Å². The van der Waals surface area contributed by atoms with Crippen molar-refractivity contribution in [2.45, 2.75) is 12.4 Å². The van der Waals surface area contributed by atoms with Gasteiger partial charge >= 0.3 is 6.36 Å². The van der Waals surface area contributed by atoms with Gasteiger partial charge in [-0.25, -0.2) is 0 Å². The fourth-order valence-corrected chi connectivity index (χ4v) is 1.13. The van der Waals surface area contributed by atoms with Gasteiger partial charge in [-0.15, -0.1) is 38.0 Å². The molecule has 0 unspecified atom stereocenters. The van der Waals surface area contributed by atoms with Crippen molar-refractivity contribution in [3.8, 4) is 5.75 Å². The zero-order chi connectivity index (χ0) is 11.5. The van der Waals surface area contributed by atoms with Crippen LogP contribution in [0.2, 0.25) is 0 Å². The lowest BCUT2D eigenvalue weighted by molar-refractivity contribution is -0.275. The number of halogens is 5. The van der Waals surface area contributed by atoms with Gasteiger partial charge in [0.1, 0.15) is 5.75 Å². The molecule has 0 aliphatic rings. The Morgan fingerprint density at radius 3 is 2.18 bits per heavy atom. The molecule has 8 heteroatoms. The van der Waals surface area contributed by atoms with Crippen LogP contribution in [0.3, 0.4) is 0 Å². The Balaban J connectivity index is 0. The molecular formula is C9H13Cl2F3N2O. The van der Waals surface area contributed by atoms with E-state index in [0.29, 0.717) is 0 Å². The molecule has 0 aliphatic carbocycles. The minimum absolute atomic E-state index is 0. The van der Waals surface area contributed by atoms with Crippen molar-refractivity contribution in [3.05, 3.63) is 29.8 Å². The smallest absolute Gasteiger partial charge is 0.405 e. The van der Waals surface area contributed by atoms with Gasteiger partial charge in [-0.05, 0) is 6.07 Å². The molecule has 0 saturated heterocycles. The lowest BCUT2D eigenvalue weighted by Gasteiger charge is -2.16. The summed E-state index contributed by atoms with van der Waals surface area (Å²) in [6.07, 6.45) is -4.72. The molecule has 1 aromatic rings. The zero-order valence-corrected chi connectivity index (χ0v) is 10.2. The number of nitrogens with two attached hydrogens (primary N) is 2. The molecule has 1 atom stereocenters. The van der Waals surface area contributed by atoms with Gasteiger partial charge in [0.15, 0.2) is 0 Å². The largest absolute Gasteiger partial charge is 0.573 e. The van der Waals surface area contributed by atoms with Gasteiger partial charge in [-0.3, -0.25) is 0 Å². The summed E-state index contributed by atoms with van der Waals surface area (Å²) >= 11 is 0. The Morgan fingerprint density at radius 1 is 1.18 bits per heavy atom. The molecule has 1 aromatic carbocycles. The summed E-state index contributed by atoms with van der Waals surface area (Å²) in [6, 6.07) is 5.02. The average molecular weight is 293 g/mol. The van der Waals surface area contributed by atoms with E-state index in [0.717, 1.165) is 0 Å². The first kappa shape index (κ1) is 18.7. The molecule has 0 radical (unpaired) electrons. The van der Waals surface area contributed by atoms with E-state index in [1.54, 1.807) is 6.07 Å². The van der Waals surface area contributed by atoms with Crippen LogP contribution in [0.15, 0.2) is 24.3 Å². The number of hydrogen-bond acceptors (Lipinski definition) is 3. The van der Waals surface area contributed by atoms with Crippen LogP contribution < -0.4 is 16.2 Å². The molecule has 0 bridgehead atoms. The zero-order valence-electron chi connectivity index (χ0n) is 8.61. The lowest BCUT2D eigenvalue weighted by Crippen LogP contribution is -2.24. The third-order valence-corrected chi connectivity index (χ3v) is 1.80. The molecule has 0 fully saturated rings. The number of rotatable bonds is 3. The van der Waals surface area contributed by atoms with Gasteiger partial charge in [-0.2, -0.15) is 0 Å². The molecule has 0 saturated carbocycles. The first-order valence-electron chi connectivity index (χ1n) is 4.24. The maximum atomic E-state index is 12.0. The van der Waals surface area contributed by atoms with E-state index in [1.807, 2.05) is 0 Å². The van der Waals surface area contributed by atoms with Crippen molar-refractivity contribution >= 4 is 24.8 Å². The summed E-state index contributed by atoms with van der Waals surface area (Å²) in [5.74, 6) is -0.303. The molecule has 17 heavy (non-hydrogen) atoms. The summed E-state index contributed by atoms with van der Waals surface area (Å²) in [6.45, 7) is 0.0538. The van der Waals surface area contributed by atoms with Crippen LogP contribution in [0.25, 0.3) is 0 Å². The van der Waals surface area contributed by atoms with Crippen LogP contribution in [-0.2, 0) is 0 Å². The molecule has 1 rings (SSSR count). The van der Waals surface area contributed by atoms with Crippen LogP contribution in [0, 0.1) is 0 Å². The minimum atomic E-state index is -4.72. The van der Waals surface area contributed by atoms with Crippen molar-refractivity contribution in [1.29, 1.82) is 0 Å². The number of ether oxygens (including phenoxy) is 1. The fraction of sp³-hybridized carbons (Fsp3) is 0.333. The third-order valence-electron chi connectivity index (χ3n) is 1.80. The van der Waals surface area contributed by atoms with Gasteiger partial charge in [-0.1, -0.05) is 18.2 Å². The van der Waals surface area contributed by atoms with Crippen molar-refractivity contribution in [1.82, 2.24) is 0 Å². The second kappa shape index (κ2) is 7.60. The molecule has 0 amide bonds. The highest BCUT2D eigenvalue weighted by Gasteiger charge is 2.32. The van der Waals surface area contributed by atoms with E-state index in [4.69, 9.17) is 11.5 Å². The molecule has 0 heterocycles. The van der Waals surface area contributed by atoms with Crippen molar-refractivity contribution in [3.63, 3.8) is 0 Å². The summed E-state index contributed by atoms with van der Waals surface area (Å²) in [7, 11) is 0. The molecule has 0 aromatic heterocycles. The van der Waals surface area contributed by atoms with E-state index in [2.05, 4.69) is 4.74 Å². The maximum Gasteiger partial charge on any atom is 0.573 e. The van der Waals surface area contributed by atoms with Crippen molar-refractivity contribution in [2.75, 3.05) is 6.54 Å². The Morgan fingerprint density at radius 2 is 1.71 bits per heavy atom. The number of para-hydroxylation sites is 1. The van der Waals surface area contributed by atoms with Crippen molar-refractivity contribution < 1.29 is 17.9 Å². The van der Waals surface area contributed by atoms with Gasteiger partial charge in [0.2, 0.25) is 0 Å². The first-order valence-corrected chi connectivity index (χ1v) is 4.24. The number of benzene rings is 1. The van der Waals surface area contributed by atoms with Crippen LogP contribution in [0.4, 0.5) is 13.2 Å². The second-order valence-corrected chi connectivity index (χ2v) is 2.93. The average Bonchev–Trinajstić information content (AvgIpc) is 2.15. The van der Waals surface area contributed by atoms with Gasteiger partial charge in [0.25, 0.3) is 0 Å². The van der Waals surface area contributed by atoms with E-state index in [9.17, 15) is 13.2 Å². The topological polar surface area (TPSA) is 61.3 Å². The minimum Gasteiger partial charge on any atom is -0.405 e. The molecule has 0 aliphatic heterocycles. The van der Waals surface area contributed by atoms with Crippen LogP contribution in [0.5, 0.6) is 5.75 Å².